The van der Waals surface area contributed by atoms with Crippen molar-refractivity contribution < 1.29 is 28.6 Å². The minimum absolute atomic E-state index is 0.145. The van der Waals surface area contributed by atoms with Crippen molar-refractivity contribution in [3.63, 3.8) is 0 Å². The fraction of sp³-hybridized carbons (Fsp3) is 0.508. The molecule has 0 aliphatic carbocycles. The lowest BCUT2D eigenvalue weighted by molar-refractivity contribution is -0.166. The fourth-order valence-electron chi connectivity index (χ4n) is 6.36. The van der Waals surface area contributed by atoms with E-state index < -0.39 is 12.1 Å². The van der Waals surface area contributed by atoms with E-state index in [1.165, 1.54) is 19.3 Å². The molecule has 0 heterocycles. The summed E-state index contributed by atoms with van der Waals surface area (Å²) in [7, 11) is 0. The molecule has 0 aliphatic rings. The Bertz CT molecular complexity index is 1650. The summed E-state index contributed by atoms with van der Waals surface area (Å²) in [4.78, 5) is 38.0. The zero-order valence-corrected chi connectivity index (χ0v) is 43.5. The molecule has 0 radical (unpaired) electrons. The first-order valence-corrected chi connectivity index (χ1v) is 26.7. The van der Waals surface area contributed by atoms with Gasteiger partial charge in [-0.1, -0.05) is 223 Å². The molecule has 6 heteroatoms. The first-order valence-electron chi connectivity index (χ1n) is 26.7. The van der Waals surface area contributed by atoms with E-state index in [4.69, 9.17) is 14.2 Å². The van der Waals surface area contributed by atoms with Gasteiger partial charge < -0.3 is 14.2 Å². The van der Waals surface area contributed by atoms with Crippen molar-refractivity contribution >= 4 is 17.9 Å². The SMILES string of the molecule is CC/C=C\C/C=C\C/C=C\C/C=C\C/C=C\CCCC(=O)OC(COC(=O)CC/C=C\C/C=C\C/C=C\C/C=C\C/C=C\CC)COC(=O)CCCCCCC\C=C/C=C\C=C/C=C\CCCCC. The Morgan fingerprint density at radius 1 is 0.319 bits per heavy atom. The van der Waals surface area contributed by atoms with Gasteiger partial charge in [0.2, 0.25) is 0 Å². The van der Waals surface area contributed by atoms with E-state index in [0.717, 1.165) is 116 Å². The number of esters is 3. The highest BCUT2D eigenvalue weighted by molar-refractivity contribution is 5.71. The monoisotopic (exact) mass is 947 g/mol. The standard InChI is InChI=1S/C63H94O6/c1-4-7-10-13-16-19-22-25-28-31-33-35-38-41-44-47-50-53-56-62(65)68-59-60(58-67-61(64)55-52-49-46-43-40-37-34-30-27-24-21-18-15-12-9-6-3)69-63(66)57-54-51-48-45-42-39-36-32-29-26-23-20-17-14-11-8-5-2/h8-9,11-12,16-22,25-31,33,35-37,39-40,45-46,48-49,60H,4-7,10,13-15,23-24,32,34,38,41-44,47,50-59H2,1-3H3/b11-8-,12-9-,19-16-,20-17-,21-18-,25-22-,29-26-,30-27-,31-28-,35-33-,39-36-,40-37-,48-45-,49-46-. The molecule has 0 saturated heterocycles. The summed E-state index contributed by atoms with van der Waals surface area (Å²) < 4.78 is 16.7. The Kier molecular flexibility index (Phi) is 51.2. The Hall–Kier alpha value is -5.23. The smallest absolute Gasteiger partial charge is 0.306 e. The molecule has 0 spiro atoms. The van der Waals surface area contributed by atoms with Gasteiger partial charge in [-0.3, -0.25) is 14.4 Å². The average Bonchev–Trinajstić information content (AvgIpc) is 3.35. The van der Waals surface area contributed by atoms with Crippen molar-refractivity contribution in [3.05, 3.63) is 170 Å². The van der Waals surface area contributed by atoms with Crippen LogP contribution >= 0.6 is 0 Å². The Balaban J connectivity index is 4.68. The van der Waals surface area contributed by atoms with Gasteiger partial charge in [0.25, 0.3) is 0 Å². The number of carbonyl (C=O) groups excluding carboxylic acids is 3. The van der Waals surface area contributed by atoms with Crippen molar-refractivity contribution in [2.75, 3.05) is 13.2 Å². The predicted octanol–water partition coefficient (Wildman–Crippen LogP) is 18.0. The predicted molar refractivity (Wildman–Crippen MR) is 297 cm³/mol. The Labute approximate surface area is 422 Å². The van der Waals surface area contributed by atoms with Crippen LogP contribution in [0.5, 0.6) is 0 Å². The molecular weight excluding hydrogens is 853 g/mol. The molecule has 0 aliphatic heterocycles. The van der Waals surface area contributed by atoms with Gasteiger partial charge in [-0.05, 0) is 116 Å². The number of hydrogen-bond donors (Lipinski definition) is 0. The number of hydrogen-bond acceptors (Lipinski definition) is 6. The zero-order chi connectivity index (χ0) is 50.0. The molecule has 0 rings (SSSR count). The van der Waals surface area contributed by atoms with E-state index in [1.54, 1.807) is 0 Å². The fourth-order valence-corrected chi connectivity index (χ4v) is 6.36. The highest BCUT2D eigenvalue weighted by Crippen LogP contribution is 2.11. The molecule has 0 aromatic heterocycles. The average molecular weight is 947 g/mol. The summed E-state index contributed by atoms with van der Waals surface area (Å²) in [5, 5.41) is 0. The third kappa shape index (κ3) is 53.6. The molecule has 69 heavy (non-hydrogen) atoms. The lowest BCUT2D eigenvalue weighted by Crippen LogP contribution is -2.30. The van der Waals surface area contributed by atoms with Gasteiger partial charge in [-0.2, -0.15) is 0 Å². The van der Waals surface area contributed by atoms with Crippen LogP contribution < -0.4 is 0 Å². The second-order valence-corrected chi connectivity index (χ2v) is 16.8. The molecule has 0 aromatic rings. The van der Waals surface area contributed by atoms with Crippen LogP contribution in [0, 0.1) is 0 Å². The van der Waals surface area contributed by atoms with E-state index in [1.807, 2.05) is 12.2 Å². The molecule has 0 amide bonds. The summed E-state index contributed by atoms with van der Waals surface area (Å²) in [5.74, 6) is -1.13. The summed E-state index contributed by atoms with van der Waals surface area (Å²) in [6, 6.07) is 0. The minimum atomic E-state index is -0.858. The molecule has 1 unspecified atom stereocenters. The number of rotatable bonds is 45. The molecule has 0 N–H and O–H groups in total. The van der Waals surface area contributed by atoms with Crippen molar-refractivity contribution in [2.45, 2.75) is 194 Å². The van der Waals surface area contributed by atoms with E-state index in [2.05, 4.69) is 179 Å². The van der Waals surface area contributed by atoms with Crippen LogP contribution in [0.3, 0.4) is 0 Å². The van der Waals surface area contributed by atoms with Gasteiger partial charge >= 0.3 is 17.9 Å². The van der Waals surface area contributed by atoms with Crippen molar-refractivity contribution in [1.29, 1.82) is 0 Å². The van der Waals surface area contributed by atoms with Gasteiger partial charge in [-0.15, -0.1) is 0 Å². The van der Waals surface area contributed by atoms with Gasteiger partial charge in [0, 0.05) is 19.3 Å². The second kappa shape index (κ2) is 55.4. The quantitative estimate of drug-likeness (QED) is 0.0199. The van der Waals surface area contributed by atoms with Crippen LogP contribution in [-0.4, -0.2) is 37.2 Å². The van der Waals surface area contributed by atoms with Crippen LogP contribution in [0.2, 0.25) is 0 Å². The Morgan fingerprint density at radius 2 is 0.667 bits per heavy atom. The zero-order valence-electron chi connectivity index (χ0n) is 43.5. The topological polar surface area (TPSA) is 78.9 Å². The highest BCUT2D eigenvalue weighted by Gasteiger charge is 2.19. The summed E-state index contributed by atoms with van der Waals surface area (Å²) in [6.07, 6.45) is 82.0. The first-order chi connectivity index (χ1) is 34.0. The molecule has 0 saturated carbocycles. The maximum Gasteiger partial charge on any atom is 0.306 e. The highest BCUT2D eigenvalue weighted by atomic mass is 16.6. The van der Waals surface area contributed by atoms with E-state index in [-0.39, 0.29) is 38.0 Å². The summed E-state index contributed by atoms with van der Waals surface area (Å²) in [6.45, 7) is 6.21. The molecule has 0 fully saturated rings. The van der Waals surface area contributed by atoms with Crippen LogP contribution in [0.4, 0.5) is 0 Å². The number of carbonyl (C=O) groups is 3. The van der Waals surface area contributed by atoms with Gasteiger partial charge in [0.15, 0.2) is 6.10 Å². The molecular formula is C63H94O6. The minimum Gasteiger partial charge on any atom is -0.462 e. The first kappa shape index (κ1) is 63.8. The molecule has 0 aromatic carbocycles. The maximum atomic E-state index is 12.8. The second-order valence-electron chi connectivity index (χ2n) is 16.8. The van der Waals surface area contributed by atoms with Gasteiger partial charge in [-0.25, -0.2) is 0 Å². The maximum absolute atomic E-state index is 12.8. The molecule has 1 atom stereocenters. The third-order valence-corrected chi connectivity index (χ3v) is 10.3. The molecule has 6 nitrogen and oxygen atoms in total. The van der Waals surface area contributed by atoms with Crippen LogP contribution in [0.15, 0.2) is 170 Å². The normalized spacial score (nSPS) is 13.5. The van der Waals surface area contributed by atoms with E-state index >= 15 is 0 Å². The largest absolute Gasteiger partial charge is 0.462 e. The van der Waals surface area contributed by atoms with Crippen LogP contribution in [0.25, 0.3) is 0 Å². The van der Waals surface area contributed by atoms with Gasteiger partial charge in [0.05, 0.1) is 0 Å². The number of ether oxygens (including phenoxy) is 3. The molecule has 0 bridgehead atoms. The lowest BCUT2D eigenvalue weighted by Gasteiger charge is -2.18. The van der Waals surface area contributed by atoms with Crippen molar-refractivity contribution in [3.8, 4) is 0 Å². The lowest BCUT2D eigenvalue weighted by atomic mass is 10.1. The van der Waals surface area contributed by atoms with Gasteiger partial charge in [0.1, 0.15) is 13.2 Å². The van der Waals surface area contributed by atoms with Crippen molar-refractivity contribution in [1.82, 2.24) is 0 Å². The molecule has 382 valence electrons. The number of unbranched alkanes of at least 4 members (excludes halogenated alkanes) is 9. The van der Waals surface area contributed by atoms with Crippen LogP contribution in [0.1, 0.15) is 188 Å². The van der Waals surface area contributed by atoms with Crippen molar-refractivity contribution in [2.24, 2.45) is 0 Å². The Morgan fingerprint density at radius 3 is 1.13 bits per heavy atom. The summed E-state index contributed by atoms with van der Waals surface area (Å²) in [5.41, 5.74) is 0. The van der Waals surface area contributed by atoms with E-state index in [0.29, 0.717) is 19.3 Å². The third-order valence-electron chi connectivity index (χ3n) is 10.3. The number of allylic oxidation sites excluding steroid dienone is 28. The van der Waals surface area contributed by atoms with E-state index in [9.17, 15) is 14.4 Å². The van der Waals surface area contributed by atoms with Crippen LogP contribution in [-0.2, 0) is 28.6 Å². The summed E-state index contributed by atoms with van der Waals surface area (Å²) >= 11 is 0.